The number of carboxylic acid groups (broad SMARTS) is 1. The smallest absolute Gasteiger partial charge is 0.744 e. The number of nitro benzene ring substituents is 1. The molecule has 0 aliphatic rings. The van der Waals surface area contributed by atoms with Crippen molar-refractivity contribution in [2.75, 3.05) is 0 Å². The van der Waals surface area contributed by atoms with Gasteiger partial charge in [0.25, 0.3) is 0 Å². The van der Waals surface area contributed by atoms with Crippen LogP contribution in [0.4, 0.5) is 5.69 Å². The van der Waals surface area contributed by atoms with Gasteiger partial charge < -0.3 is 14.8 Å². The van der Waals surface area contributed by atoms with Crippen LogP contribution in [-0.2, 0) is 10.1 Å². The summed E-state index contributed by atoms with van der Waals surface area (Å²) in [5.74, 6) is -3.01. The van der Waals surface area contributed by atoms with Gasteiger partial charge in [-0.3, -0.25) is 10.1 Å². The van der Waals surface area contributed by atoms with Crippen molar-refractivity contribution in [3.8, 4) is 5.75 Å². The summed E-state index contributed by atoms with van der Waals surface area (Å²) in [6.07, 6.45) is 0. The number of nitrogens with zero attached hydrogens (tertiary/aromatic N) is 1. The topological polar surface area (TPSA) is 158 Å². The van der Waals surface area contributed by atoms with Crippen molar-refractivity contribution >= 4 is 21.8 Å². The molecule has 0 radical (unpaired) electrons. The van der Waals surface area contributed by atoms with E-state index in [-0.39, 0.29) is 51.4 Å². The predicted octanol–water partition coefficient (Wildman–Crippen LogP) is -3.09. The van der Waals surface area contributed by atoms with Crippen molar-refractivity contribution in [2.45, 2.75) is 4.90 Å². The standard InChI is InChI=1S/C7H5NO8S.K/c9-6-4(7(10)11)1-3(17(14,15)16)2-5(6)8(12)13;/h1-2,9H,(H,10,11)(H,14,15,16);/q;+1/p-1. The molecule has 92 valence electrons. The summed E-state index contributed by atoms with van der Waals surface area (Å²) in [6.45, 7) is 0. The Morgan fingerprint density at radius 2 is 1.83 bits per heavy atom. The SMILES string of the molecule is O=C(O)c1cc(S(=O)(=O)[O-])cc([N+](=O)[O-])c1O.[K+]. The molecular weight excluding hydrogens is 297 g/mol. The fourth-order valence-corrected chi connectivity index (χ4v) is 1.56. The van der Waals surface area contributed by atoms with E-state index in [4.69, 9.17) is 5.11 Å². The molecule has 18 heavy (non-hydrogen) atoms. The van der Waals surface area contributed by atoms with Gasteiger partial charge in [0.15, 0.2) is 0 Å². The summed E-state index contributed by atoms with van der Waals surface area (Å²) < 4.78 is 31.9. The number of aromatic carboxylic acids is 1. The maximum absolute atomic E-state index is 10.6. The molecule has 1 aromatic carbocycles. The third-order valence-corrected chi connectivity index (χ3v) is 2.59. The number of nitro groups is 1. The minimum atomic E-state index is -5.06. The summed E-state index contributed by atoms with van der Waals surface area (Å²) in [7, 11) is -5.06. The first-order valence-electron chi connectivity index (χ1n) is 3.85. The van der Waals surface area contributed by atoms with Gasteiger partial charge in [-0.25, -0.2) is 13.2 Å². The average molecular weight is 301 g/mol. The van der Waals surface area contributed by atoms with E-state index < -0.39 is 42.9 Å². The van der Waals surface area contributed by atoms with Crippen LogP contribution >= 0.6 is 0 Å². The molecule has 0 saturated carbocycles. The average Bonchev–Trinajstić information content (AvgIpc) is 2.14. The third-order valence-electron chi connectivity index (χ3n) is 1.78. The molecule has 0 atom stereocenters. The van der Waals surface area contributed by atoms with Crippen LogP contribution in [0.15, 0.2) is 17.0 Å². The summed E-state index contributed by atoms with van der Waals surface area (Å²) in [5, 5.41) is 28.2. The van der Waals surface area contributed by atoms with Crippen molar-refractivity contribution in [1.29, 1.82) is 0 Å². The normalized spacial score (nSPS) is 10.5. The second-order valence-electron chi connectivity index (χ2n) is 2.85. The zero-order chi connectivity index (χ0) is 13.4. The molecule has 0 fully saturated rings. The van der Waals surface area contributed by atoms with E-state index in [1.54, 1.807) is 0 Å². The van der Waals surface area contributed by atoms with Crippen LogP contribution in [0.5, 0.6) is 5.75 Å². The van der Waals surface area contributed by atoms with Crippen LogP contribution in [0.1, 0.15) is 10.4 Å². The van der Waals surface area contributed by atoms with Gasteiger partial charge in [0, 0.05) is 6.07 Å². The molecular formula is C7H4KNO8S. The molecule has 11 heteroatoms. The van der Waals surface area contributed by atoms with E-state index in [1.807, 2.05) is 0 Å². The van der Waals surface area contributed by atoms with Crippen molar-refractivity contribution in [3.05, 3.63) is 27.8 Å². The van der Waals surface area contributed by atoms with Crippen LogP contribution in [0.3, 0.4) is 0 Å². The Balaban J connectivity index is 0.00000289. The van der Waals surface area contributed by atoms with Gasteiger partial charge in [0.2, 0.25) is 5.75 Å². The number of hydrogen-bond acceptors (Lipinski definition) is 7. The van der Waals surface area contributed by atoms with Gasteiger partial charge in [-0.15, -0.1) is 0 Å². The monoisotopic (exact) mass is 301 g/mol. The van der Waals surface area contributed by atoms with Crippen LogP contribution in [0, 0.1) is 10.1 Å². The largest absolute Gasteiger partial charge is 1.00 e. The van der Waals surface area contributed by atoms with Crippen molar-refractivity contribution in [2.24, 2.45) is 0 Å². The number of benzene rings is 1. The molecule has 1 aromatic rings. The molecule has 0 heterocycles. The van der Waals surface area contributed by atoms with E-state index in [0.29, 0.717) is 12.1 Å². The number of hydrogen-bond donors (Lipinski definition) is 2. The van der Waals surface area contributed by atoms with Crippen LogP contribution < -0.4 is 51.4 Å². The van der Waals surface area contributed by atoms with Crippen LogP contribution in [-0.4, -0.2) is 34.1 Å². The van der Waals surface area contributed by atoms with Crippen molar-refractivity contribution in [1.82, 2.24) is 0 Å². The minimum absolute atomic E-state index is 0. The molecule has 0 aliphatic heterocycles. The van der Waals surface area contributed by atoms with Gasteiger partial charge >= 0.3 is 63.0 Å². The first kappa shape index (κ1) is 17.4. The predicted molar refractivity (Wildman–Crippen MR) is 49.7 cm³/mol. The molecule has 0 bridgehead atoms. The van der Waals surface area contributed by atoms with Crippen molar-refractivity contribution in [3.63, 3.8) is 0 Å². The fraction of sp³-hybridized carbons (Fsp3) is 0. The van der Waals surface area contributed by atoms with E-state index in [1.165, 1.54) is 0 Å². The second kappa shape index (κ2) is 6.05. The maximum atomic E-state index is 10.6. The minimum Gasteiger partial charge on any atom is -0.744 e. The van der Waals surface area contributed by atoms with Gasteiger partial charge in [-0.2, -0.15) is 0 Å². The van der Waals surface area contributed by atoms with Crippen molar-refractivity contribution < 1.29 is 84.3 Å². The number of aromatic hydroxyl groups is 1. The van der Waals surface area contributed by atoms with E-state index in [0.717, 1.165) is 0 Å². The number of phenols is 1. The molecule has 0 saturated heterocycles. The number of carbonyl (C=O) groups is 1. The molecule has 1 rings (SSSR count). The Hall–Kier alpha value is -0.564. The van der Waals surface area contributed by atoms with E-state index in [9.17, 15) is 33.0 Å². The second-order valence-corrected chi connectivity index (χ2v) is 4.23. The van der Waals surface area contributed by atoms with Gasteiger partial charge in [-0.05, 0) is 6.07 Å². The molecule has 0 aliphatic carbocycles. The Labute approximate surface area is 143 Å². The summed E-state index contributed by atoms with van der Waals surface area (Å²) in [5.41, 5.74) is -2.20. The number of rotatable bonds is 3. The zero-order valence-corrected chi connectivity index (χ0v) is 12.8. The summed E-state index contributed by atoms with van der Waals surface area (Å²) >= 11 is 0. The van der Waals surface area contributed by atoms with Gasteiger partial charge in [-0.1, -0.05) is 0 Å². The molecule has 0 amide bonds. The number of carboxylic acids is 1. The molecule has 0 aromatic heterocycles. The maximum Gasteiger partial charge on any atom is 1.00 e. The molecule has 0 spiro atoms. The molecule has 0 unspecified atom stereocenters. The molecule has 2 N–H and O–H groups in total. The quantitative estimate of drug-likeness (QED) is 0.257. The first-order valence-corrected chi connectivity index (χ1v) is 5.26. The molecule has 9 nitrogen and oxygen atoms in total. The van der Waals surface area contributed by atoms with Crippen LogP contribution in [0.2, 0.25) is 0 Å². The third kappa shape index (κ3) is 3.71. The fourth-order valence-electron chi connectivity index (χ4n) is 1.04. The Kier molecular flexibility index (Phi) is 5.86. The summed E-state index contributed by atoms with van der Waals surface area (Å²) in [6, 6.07) is 0.650. The van der Waals surface area contributed by atoms with Crippen LogP contribution in [0.25, 0.3) is 0 Å². The first-order chi connectivity index (χ1) is 7.64. The Morgan fingerprint density at radius 3 is 2.17 bits per heavy atom. The van der Waals surface area contributed by atoms with Gasteiger partial charge in [0.1, 0.15) is 15.7 Å². The Morgan fingerprint density at radius 1 is 1.33 bits per heavy atom. The van der Waals surface area contributed by atoms with Gasteiger partial charge in [0.05, 0.1) is 9.82 Å². The summed E-state index contributed by atoms with van der Waals surface area (Å²) in [4.78, 5) is 18.7. The van der Waals surface area contributed by atoms with E-state index >= 15 is 0 Å². The zero-order valence-electron chi connectivity index (χ0n) is 8.85. The Bertz CT molecular complexity index is 575. The van der Waals surface area contributed by atoms with E-state index in [2.05, 4.69) is 0 Å².